The zero-order valence-corrected chi connectivity index (χ0v) is 12.8. The van der Waals surface area contributed by atoms with Crippen LogP contribution in [0.15, 0.2) is 30.0 Å². The van der Waals surface area contributed by atoms with Crippen LogP contribution in [0.2, 0.25) is 0 Å². The second-order valence-electron chi connectivity index (χ2n) is 5.16. The van der Waals surface area contributed by atoms with Crippen molar-refractivity contribution in [1.82, 2.24) is 29.2 Å². The molecule has 0 N–H and O–H groups in total. The van der Waals surface area contributed by atoms with Gasteiger partial charge in [-0.15, -0.1) is 16.4 Å². The standard InChI is InChI=1S/C14H14N6OS/c1-18-9-16-13(17-18)14(21)19-4-5-20-10(7-15-12(20)8-19)11-3-2-6-22-11/h2-3,6-7,9H,4-5,8H2,1H3. The molecule has 112 valence electrons. The first kappa shape index (κ1) is 13.2. The van der Waals surface area contributed by atoms with Crippen LogP contribution in [0.5, 0.6) is 0 Å². The van der Waals surface area contributed by atoms with Gasteiger partial charge in [0.05, 0.1) is 23.3 Å². The Hall–Kier alpha value is -2.48. The lowest BCUT2D eigenvalue weighted by Crippen LogP contribution is -2.39. The van der Waals surface area contributed by atoms with Gasteiger partial charge in [-0.2, -0.15) is 0 Å². The van der Waals surface area contributed by atoms with Gasteiger partial charge in [0.15, 0.2) is 0 Å². The zero-order valence-electron chi connectivity index (χ0n) is 12.0. The average molecular weight is 314 g/mol. The summed E-state index contributed by atoms with van der Waals surface area (Å²) in [6.07, 6.45) is 3.42. The highest BCUT2D eigenvalue weighted by atomic mass is 32.1. The molecule has 4 rings (SSSR count). The molecular formula is C14H14N6OS. The van der Waals surface area contributed by atoms with Crippen LogP contribution in [0.25, 0.3) is 10.6 Å². The second kappa shape index (κ2) is 5.06. The molecule has 0 saturated carbocycles. The molecule has 0 radical (unpaired) electrons. The largest absolute Gasteiger partial charge is 0.327 e. The highest BCUT2D eigenvalue weighted by Gasteiger charge is 2.26. The van der Waals surface area contributed by atoms with Crippen molar-refractivity contribution in [2.75, 3.05) is 6.54 Å². The van der Waals surface area contributed by atoms with Gasteiger partial charge in [0.25, 0.3) is 5.91 Å². The van der Waals surface area contributed by atoms with E-state index in [2.05, 4.69) is 31.1 Å². The van der Waals surface area contributed by atoms with Crippen molar-refractivity contribution < 1.29 is 4.79 Å². The molecule has 1 aliphatic heterocycles. The second-order valence-corrected chi connectivity index (χ2v) is 6.10. The summed E-state index contributed by atoms with van der Waals surface area (Å²) in [5.41, 5.74) is 1.12. The van der Waals surface area contributed by atoms with Gasteiger partial charge in [-0.05, 0) is 11.4 Å². The van der Waals surface area contributed by atoms with Gasteiger partial charge in [-0.1, -0.05) is 6.07 Å². The molecule has 3 aromatic heterocycles. The monoisotopic (exact) mass is 314 g/mol. The number of fused-ring (bicyclic) bond motifs is 1. The van der Waals surface area contributed by atoms with Crippen LogP contribution >= 0.6 is 11.3 Å². The summed E-state index contributed by atoms with van der Waals surface area (Å²) in [6.45, 7) is 1.86. The number of hydrogen-bond donors (Lipinski definition) is 0. The first-order valence-electron chi connectivity index (χ1n) is 6.95. The maximum atomic E-state index is 12.4. The topological polar surface area (TPSA) is 68.8 Å². The minimum absolute atomic E-state index is 0.146. The number of aromatic nitrogens is 5. The number of nitrogens with zero attached hydrogens (tertiary/aromatic N) is 6. The van der Waals surface area contributed by atoms with Crippen LogP contribution in [0.1, 0.15) is 16.4 Å². The molecule has 3 aromatic rings. The van der Waals surface area contributed by atoms with Gasteiger partial charge in [0, 0.05) is 20.1 Å². The molecule has 0 atom stereocenters. The van der Waals surface area contributed by atoms with Crippen molar-refractivity contribution in [2.45, 2.75) is 13.1 Å². The maximum absolute atomic E-state index is 12.4. The lowest BCUT2D eigenvalue weighted by molar-refractivity contribution is 0.0695. The maximum Gasteiger partial charge on any atom is 0.293 e. The van der Waals surface area contributed by atoms with Crippen LogP contribution in [-0.4, -0.2) is 41.7 Å². The first-order valence-corrected chi connectivity index (χ1v) is 7.83. The van der Waals surface area contributed by atoms with Crippen molar-refractivity contribution in [3.05, 3.63) is 41.7 Å². The fourth-order valence-corrected chi connectivity index (χ4v) is 3.38. The number of aryl methyl sites for hydroxylation is 1. The predicted octanol–water partition coefficient (Wildman–Crippen LogP) is 1.40. The van der Waals surface area contributed by atoms with Crippen LogP contribution in [0.3, 0.4) is 0 Å². The number of carbonyl (C=O) groups is 1. The molecule has 0 spiro atoms. The zero-order chi connectivity index (χ0) is 15.1. The Balaban J connectivity index is 1.59. The molecule has 0 bridgehead atoms. The molecule has 22 heavy (non-hydrogen) atoms. The number of amides is 1. The smallest absolute Gasteiger partial charge is 0.293 e. The van der Waals surface area contributed by atoms with E-state index in [1.54, 1.807) is 23.3 Å². The van der Waals surface area contributed by atoms with Crippen LogP contribution in [0, 0.1) is 0 Å². The highest BCUT2D eigenvalue weighted by molar-refractivity contribution is 7.13. The quantitative estimate of drug-likeness (QED) is 0.717. The molecule has 0 aliphatic carbocycles. The SMILES string of the molecule is Cn1cnc(C(=O)N2CCn3c(-c4cccs4)cnc3C2)n1. The fraction of sp³-hybridized carbons (Fsp3) is 0.286. The molecule has 0 aromatic carbocycles. The summed E-state index contributed by atoms with van der Waals surface area (Å²) < 4.78 is 3.72. The predicted molar refractivity (Wildman–Crippen MR) is 81.3 cm³/mol. The summed E-state index contributed by atoms with van der Waals surface area (Å²) in [4.78, 5) is 23.9. The third kappa shape index (κ3) is 2.12. The van der Waals surface area contributed by atoms with E-state index in [-0.39, 0.29) is 11.7 Å². The van der Waals surface area contributed by atoms with Gasteiger partial charge < -0.3 is 9.47 Å². The minimum atomic E-state index is -0.146. The summed E-state index contributed by atoms with van der Waals surface area (Å²) >= 11 is 1.70. The van der Waals surface area contributed by atoms with E-state index >= 15 is 0 Å². The van der Waals surface area contributed by atoms with Crippen molar-refractivity contribution in [1.29, 1.82) is 0 Å². The molecule has 0 unspecified atom stereocenters. The van der Waals surface area contributed by atoms with Crippen molar-refractivity contribution in [3.8, 4) is 10.6 Å². The van der Waals surface area contributed by atoms with Crippen LogP contribution in [-0.2, 0) is 20.1 Å². The van der Waals surface area contributed by atoms with E-state index < -0.39 is 0 Å². The molecule has 1 aliphatic rings. The van der Waals surface area contributed by atoms with Gasteiger partial charge in [-0.3, -0.25) is 9.48 Å². The molecule has 8 heteroatoms. The number of carbonyl (C=O) groups excluding carboxylic acids is 1. The van der Waals surface area contributed by atoms with E-state index in [1.807, 2.05) is 12.3 Å². The first-order chi connectivity index (χ1) is 10.7. The summed E-state index contributed by atoms with van der Waals surface area (Å²) in [5, 5.41) is 6.13. The van der Waals surface area contributed by atoms with Crippen molar-refractivity contribution >= 4 is 17.2 Å². The number of imidazole rings is 1. The fourth-order valence-electron chi connectivity index (χ4n) is 2.63. The molecule has 0 saturated heterocycles. The molecule has 4 heterocycles. The Kier molecular flexibility index (Phi) is 3.04. The Labute approximate surface area is 130 Å². The van der Waals surface area contributed by atoms with Gasteiger partial charge in [0.2, 0.25) is 5.82 Å². The molecule has 0 fully saturated rings. The van der Waals surface area contributed by atoms with Crippen molar-refractivity contribution in [3.63, 3.8) is 0 Å². The van der Waals surface area contributed by atoms with E-state index in [1.165, 1.54) is 15.9 Å². The lowest BCUT2D eigenvalue weighted by atomic mass is 10.3. The Morgan fingerprint density at radius 1 is 1.32 bits per heavy atom. The lowest BCUT2D eigenvalue weighted by Gasteiger charge is -2.27. The van der Waals surface area contributed by atoms with Gasteiger partial charge in [-0.25, -0.2) is 9.97 Å². The molecular weight excluding hydrogens is 300 g/mol. The Morgan fingerprint density at radius 2 is 2.23 bits per heavy atom. The van der Waals surface area contributed by atoms with E-state index in [0.717, 1.165) is 18.1 Å². The molecule has 1 amide bonds. The highest BCUT2D eigenvalue weighted by Crippen LogP contribution is 2.27. The van der Waals surface area contributed by atoms with Gasteiger partial charge >= 0.3 is 0 Å². The van der Waals surface area contributed by atoms with Gasteiger partial charge in [0.1, 0.15) is 12.2 Å². The van der Waals surface area contributed by atoms with Crippen molar-refractivity contribution in [2.24, 2.45) is 7.05 Å². The minimum Gasteiger partial charge on any atom is -0.327 e. The van der Waals surface area contributed by atoms with E-state index in [9.17, 15) is 4.79 Å². The molecule has 7 nitrogen and oxygen atoms in total. The van der Waals surface area contributed by atoms with Crippen LogP contribution in [0.4, 0.5) is 0 Å². The average Bonchev–Trinajstić information content (AvgIpc) is 3.25. The Morgan fingerprint density at radius 3 is 2.95 bits per heavy atom. The third-order valence-electron chi connectivity index (χ3n) is 3.72. The summed E-state index contributed by atoms with van der Waals surface area (Å²) in [6, 6.07) is 4.12. The number of rotatable bonds is 2. The third-order valence-corrected chi connectivity index (χ3v) is 4.61. The number of hydrogen-bond acceptors (Lipinski definition) is 5. The van der Waals surface area contributed by atoms with E-state index in [4.69, 9.17) is 0 Å². The number of thiophene rings is 1. The summed E-state index contributed by atoms with van der Waals surface area (Å²) in [7, 11) is 1.75. The normalized spacial score (nSPS) is 14.1. The Bertz CT molecular complexity index is 818. The summed E-state index contributed by atoms with van der Waals surface area (Å²) in [5.74, 6) is 0.993. The van der Waals surface area contributed by atoms with E-state index in [0.29, 0.717) is 13.1 Å². The van der Waals surface area contributed by atoms with Crippen LogP contribution < -0.4 is 0 Å².